The number of methoxy groups -OCH3 is 1. The number of hydrogen-bond donors (Lipinski definition) is 1. The van der Waals surface area contributed by atoms with Gasteiger partial charge < -0.3 is 9.72 Å². The molecule has 2 aromatic heterocycles. The van der Waals surface area contributed by atoms with Crippen LogP contribution in [0.1, 0.15) is 27.0 Å². The third-order valence-corrected chi connectivity index (χ3v) is 7.23. The molecule has 0 aliphatic heterocycles. The smallest absolute Gasteiger partial charge is 0.337 e. The minimum atomic E-state index is -4.02. The van der Waals surface area contributed by atoms with Crippen LogP contribution in [0.4, 0.5) is 0 Å². The van der Waals surface area contributed by atoms with E-state index in [1.165, 1.54) is 35.7 Å². The molecule has 34 heavy (non-hydrogen) atoms. The normalized spacial score (nSPS) is 11.6. The second kappa shape index (κ2) is 9.58. The summed E-state index contributed by atoms with van der Waals surface area (Å²) in [6.07, 6.45) is 3.18. The summed E-state index contributed by atoms with van der Waals surface area (Å²) in [4.78, 5) is 31.4. The average molecular weight is 478 g/mol. The second-order valence-corrected chi connectivity index (χ2v) is 9.80. The first kappa shape index (κ1) is 23.3. The third-order valence-electron chi connectivity index (χ3n) is 5.42. The van der Waals surface area contributed by atoms with Crippen molar-refractivity contribution in [3.8, 4) is 0 Å². The van der Waals surface area contributed by atoms with Crippen molar-refractivity contribution in [2.45, 2.75) is 24.9 Å². The number of fused-ring (bicyclic) bond motifs is 1. The van der Waals surface area contributed by atoms with E-state index in [2.05, 4.69) is 14.7 Å². The van der Waals surface area contributed by atoms with Crippen LogP contribution in [-0.4, -0.2) is 35.8 Å². The number of sulfonamides is 1. The minimum Gasteiger partial charge on any atom is -0.465 e. The number of benzene rings is 2. The molecule has 2 aromatic carbocycles. The molecule has 9 heteroatoms. The molecule has 0 saturated heterocycles. The minimum absolute atomic E-state index is 0.00288. The van der Waals surface area contributed by atoms with Gasteiger partial charge >= 0.3 is 5.97 Å². The molecule has 8 nitrogen and oxygen atoms in total. The Morgan fingerprint density at radius 2 is 1.82 bits per heavy atom. The van der Waals surface area contributed by atoms with Crippen LogP contribution in [-0.2, 0) is 27.8 Å². The predicted octanol–water partition coefficient (Wildman–Crippen LogP) is 3.41. The number of aromatic nitrogens is 2. The average Bonchev–Trinajstić information content (AvgIpc) is 2.84. The first-order valence-electron chi connectivity index (χ1n) is 10.5. The number of esters is 1. The van der Waals surface area contributed by atoms with E-state index in [0.29, 0.717) is 16.6 Å². The van der Waals surface area contributed by atoms with Gasteiger partial charge in [0.05, 0.1) is 17.6 Å². The maximum absolute atomic E-state index is 13.6. The van der Waals surface area contributed by atoms with Crippen LogP contribution in [0.15, 0.2) is 82.7 Å². The quantitative estimate of drug-likeness (QED) is 0.409. The van der Waals surface area contributed by atoms with Gasteiger partial charge in [0.15, 0.2) is 0 Å². The lowest BCUT2D eigenvalue weighted by molar-refractivity contribution is 0.0600. The molecule has 0 unspecified atom stereocenters. The molecular formula is C25H23N3O5S. The molecule has 0 saturated carbocycles. The summed E-state index contributed by atoms with van der Waals surface area (Å²) in [5, 5.41) is 0.807. The van der Waals surface area contributed by atoms with Crippen LogP contribution >= 0.6 is 0 Å². The molecule has 0 radical (unpaired) electrons. The van der Waals surface area contributed by atoms with Gasteiger partial charge in [-0.25, -0.2) is 13.2 Å². The van der Waals surface area contributed by atoms with Crippen molar-refractivity contribution in [2.75, 3.05) is 7.11 Å². The molecule has 174 valence electrons. The summed E-state index contributed by atoms with van der Waals surface area (Å²) >= 11 is 0. The number of nitrogens with zero attached hydrogens (tertiary/aromatic N) is 2. The fourth-order valence-corrected chi connectivity index (χ4v) is 5.02. The van der Waals surface area contributed by atoms with Crippen molar-refractivity contribution in [3.63, 3.8) is 0 Å². The summed E-state index contributed by atoms with van der Waals surface area (Å²) in [7, 11) is -2.77. The Hall–Kier alpha value is -3.82. The number of pyridine rings is 2. The largest absolute Gasteiger partial charge is 0.465 e. The summed E-state index contributed by atoms with van der Waals surface area (Å²) in [6, 6.07) is 16.4. The van der Waals surface area contributed by atoms with Gasteiger partial charge in [-0.15, -0.1) is 0 Å². The lowest BCUT2D eigenvalue weighted by Gasteiger charge is -2.22. The van der Waals surface area contributed by atoms with E-state index >= 15 is 0 Å². The van der Waals surface area contributed by atoms with E-state index < -0.39 is 16.0 Å². The lowest BCUT2D eigenvalue weighted by Crippen LogP contribution is -2.32. The molecule has 0 atom stereocenters. The fourth-order valence-electron chi connectivity index (χ4n) is 3.62. The van der Waals surface area contributed by atoms with Gasteiger partial charge in [-0.05, 0) is 65.9 Å². The fraction of sp³-hybridized carbons (Fsp3) is 0.160. The molecule has 0 spiro atoms. The van der Waals surface area contributed by atoms with Crippen molar-refractivity contribution in [3.05, 3.63) is 106 Å². The number of carbonyl (C=O) groups is 1. The van der Waals surface area contributed by atoms with Crippen LogP contribution in [0.25, 0.3) is 10.9 Å². The van der Waals surface area contributed by atoms with E-state index in [4.69, 9.17) is 0 Å². The Kier molecular flexibility index (Phi) is 6.58. The molecule has 1 N–H and O–H groups in total. The Morgan fingerprint density at radius 1 is 1.06 bits per heavy atom. The topological polar surface area (TPSA) is 109 Å². The molecule has 0 aliphatic carbocycles. The summed E-state index contributed by atoms with van der Waals surface area (Å²) in [6.45, 7) is 1.80. The van der Waals surface area contributed by atoms with E-state index in [1.54, 1.807) is 30.6 Å². The van der Waals surface area contributed by atoms with Crippen LogP contribution in [0, 0.1) is 6.92 Å². The second-order valence-electron chi connectivity index (χ2n) is 7.86. The van der Waals surface area contributed by atoms with Crippen LogP contribution in [0.3, 0.4) is 0 Å². The number of H-pyrrole nitrogens is 1. The van der Waals surface area contributed by atoms with Crippen molar-refractivity contribution >= 4 is 26.9 Å². The van der Waals surface area contributed by atoms with Gasteiger partial charge in [-0.2, -0.15) is 4.31 Å². The third kappa shape index (κ3) is 4.90. The van der Waals surface area contributed by atoms with Gasteiger partial charge in [0.1, 0.15) is 0 Å². The van der Waals surface area contributed by atoms with Gasteiger partial charge in [0.25, 0.3) is 5.56 Å². The predicted molar refractivity (Wildman–Crippen MR) is 128 cm³/mol. The van der Waals surface area contributed by atoms with Crippen LogP contribution < -0.4 is 5.56 Å². The van der Waals surface area contributed by atoms with Crippen LogP contribution in [0.2, 0.25) is 0 Å². The number of hydrogen-bond acceptors (Lipinski definition) is 6. The molecule has 4 aromatic rings. The van der Waals surface area contributed by atoms with Crippen molar-refractivity contribution in [1.29, 1.82) is 0 Å². The molecule has 0 fully saturated rings. The van der Waals surface area contributed by atoms with E-state index in [9.17, 15) is 18.0 Å². The lowest BCUT2D eigenvalue weighted by atomic mass is 10.1. The highest BCUT2D eigenvalue weighted by atomic mass is 32.2. The standard InChI is InChI=1S/C25H23N3O5S/c1-17-5-6-20-13-21(24(29)27-23(20)12-17)16-28(15-18-4-3-11-26-14-18)34(31,32)22-9-7-19(8-10-22)25(30)33-2/h3-14H,15-16H2,1-2H3,(H,27,29). The summed E-state index contributed by atoms with van der Waals surface area (Å²) in [5.41, 5.74) is 2.56. The summed E-state index contributed by atoms with van der Waals surface area (Å²) in [5.74, 6) is -0.561. The Morgan fingerprint density at radius 3 is 2.50 bits per heavy atom. The van der Waals surface area contributed by atoms with E-state index in [1.807, 2.05) is 25.1 Å². The van der Waals surface area contributed by atoms with Crippen molar-refractivity contribution in [1.82, 2.24) is 14.3 Å². The summed E-state index contributed by atoms with van der Waals surface area (Å²) < 4.78 is 33.1. The molecule has 0 aliphatic rings. The number of carbonyl (C=O) groups excluding carboxylic acids is 1. The maximum atomic E-state index is 13.6. The van der Waals surface area contributed by atoms with Crippen LogP contribution in [0.5, 0.6) is 0 Å². The zero-order valence-electron chi connectivity index (χ0n) is 18.7. The highest BCUT2D eigenvalue weighted by Crippen LogP contribution is 2.22. The monoisotopic (exact) mass is 477 g/mol. The van der Waals surface area contributed by atoms with Gasteiger partial charge in [-0.3, -0.25) is 9.78 Å². The van der Waals surface area contributed by atoms with E-state index in [0.717, 1.165) is 10.9 Å². The SMILES string of the molecule is COC(=O)c1ccc(S(=O)(=O)N(Cc2cccnc2)Cc2cc3ccc(C)cc3[nH]c2=O)cc1. The van der Waals surface area contributed by atoms with E-state index in [-0.39, 0.29) is 29.1 Å². The van der Waals surface area contributed by atoms with Crippen molar-refractivity contribution in [2.24, 2.45) is 0 Å². The molecule has 0 bridgehead atoms. The number of aromatic amines is 1. The number of rotatable bonds is 7. The zero-order valence-corrected chi connectivity index (χ0v) is 19.5. The molecule has 4 rings (SSSR count). The molecular weight excluding hydrogens is 454 g/mol. The van der Waals surface area contributed by atoms with Crippen molar-refractivity contribution < 1.29 is 17.9 Å². The highest BCUT2D eigenvalue weighted by molar-refractivity contribution is 7.89. The first-order valence-corrected chi connectivity index (χ1v) is 11.9. The number of ether oxygens (including phenoxy) is 1. The number of aryl methyl sites for hydroxylation is 1. The van der Waals surface area contributed by atoms with Gasteiger partial charge in [0, 0.05) is 36.6 Å². The Labute approximate surface area is 196 Å². The molecule has 2 heterocycles. The Balaban J connectivity index is 1.74. The van der Waals surface area contributed by atoms with Gasteiger partial charge in [-0.1, -0.05) is 18.2 Å². The number of nitrogens with one attached hydrogen (secondary N) is 1. The first-order chi connectivity index (χ1) is 16.3. The zero-order chi connectivity index (χ0) is 24.3. The maximum Gasteiger partial charge on any atom is 0.337 e. The Bertz CT molecular complexity index is 1500. The molecule has 0 amide bonds. The van der Waals surface area contributed by atoms with Gasteiger partial charge in [0.2, 0.25) is 10.0 Å². The highest BCUT2D eigenvalue weighted by Gasteiger charge is 2.26.